The molecule has 1 amide bonds. The van der Waals surface area contributed by atoms with Gasteiger partial charge in [-0.1, -0.05) is 53.3 Å². The van der Waals surface area contributed by atoms with E-state index in [2.05, 4.69) is 10.3 Å². The monoisotopic (exact) mass is 397 g/mol. The van der Waals surface area contributed by atoms with Gasteiger partial charge >= 0.3 is 6.18 Å². The van der Waals surface area contributed by atoms with Gasteiger partial charge in [-0.05, 0) is 18.2 Å². The summed E-state index contributed by atoms with van der Waals surface area (Å²) in [6.45, 7) is 0. The van der Waals surface area contributed by atoms with Gasteiger partial charge in [0, 0.05) is 11.3 Å². The first kappa shape index (κ1) is 18.2. The standard InChI is InChI=1S/C17H11ClF3N3OS/c18-12-7-6-10(8-11(12)17(19,20)21)23-15(25)14-13(24-16(22)26-14)9-4-2-1-3-5-9/h1-8H,(H2,22,24)(H,23,25). The Kier molecular flexibility index (Phi) is 4.88. The van der Waals surface area contributed by atoms with Crippen LogP contribution in [0.1, 0.15) is 15.2 Å². The van der Waals surface area contributed by atoms with Crippen molar-refractivity contribution in [2.24, 2.45) is 0 Å². The van der Waals surface area contributed by atoms with Crippen molar-refractivity contribution in [3.8, 4) is 11.3 Å². The summed E-state index contributed by atoms with van der Waals surface area (Å²) in [5.74, 6) is -0.603. The molecule has 0 unspecified atom stereocenters. The molecule has 0 bridgehead atoms. The normalized spacial score (nSPS) is 11.4. The van der Waals surface area contributed by atoms with Crippen molar-refractivity contribution < 1.29 is 18.0 Å². The van der Waals surface area contributed by atoms with Crippen molar-refractivity contribution >= 4 is 39.7 Å². The second kappa shape index (κ2) is 6.97. The van der Waals surface area contributed by atoms with E-state index in [0.717, 1.165) is 23.5 Å². The Balaban J connectivity index is 1.93. The van der Waals surface area contributed by atoms with E-state index in [1.165, 1.54) is 6.07 Å². The van der Waals surface area contributed by atoms with Gasteiger partial charge < -0.3 is 11.1 Å². The zero-order valence-corrected chi connectivity index (χ0v) is 14.5. The number of nitrogen functional groups attached to an aromatic ring is 1. The van der Waals surface area contributed by atoms with Gasteiger partial charge in [-0.2, -0.15) is 13.2 Å². The number of halogens is 4. The second-order valence-electron chi connectivity index (χ2n) is 5.24. The molecule has 1 aromatic heterocycles. The molecule has 0 radical (unpaired) electrons. The number of amides is 1. The topological polar surface area (TPSA) is 68.0 Å². The first-order chi connectivity index (χ1) is 12.3. The molecule has 0 fully saturated rings. The molecule has 26 heavy (non-hydrogen) atoms. The van der Waals surface area contributed by atoms with Crippen LogP contribution >= 0.6 is 22.9 Å². The molecule has 0 saturated carbocycles. The third-order valence-electron chi connectivity index (χ3n) is 3.43. The summed E-state index contributed by atoms with van der Waals surface area (Å²) in [4.78, 5) is 16.9. The van der Waals surface area contributed by atoms with Gasteiger partial charge in [0.2, 0.25) is 0 Å². The van der Waals surface area contributed by atoms with Crippen LogP contribution in [0.15, 0.2) is 48.5 Å². The average molecular weight is 398 g/mol. The van der Waals surface area contributed by atoms with Crippen molar-refractivity contribution in [3.05, 3.63) is 64.0 Å². The Morgan fingerprint density at radius 1 is 1.15 bits per heavy atom. The van der Waals surface area contributed by atoms with Crippen LogP contribution in [0.2, 0.25) is 5.02 Å². The Bertz CT molecular complexity index is 958. The van der Waals surface area contributed by atoms with Gasteiger partial charge in [-0.15, -0.1) is 0 Å². The van der Waals surface area contributed by atoms with Crippen LogP contribution in [0, 0.1) is 0 Å². The number of carbonyl (C=O) groups excluding carboxylic acids is 1. The summed E-state index contributed by atoms with van der Waals surface area (Å²) in [5, 5.41) is 2.18. The fraction of sp³-hybridized carbons (Fsp3) is 0.0588. The molecule has 1 heterocycles. The lowest BCUT2D eigenvalue weighted by Crippen LogP contribution is -2.13. The third-order valence-corrected chi connectivity index (χ3v) is 4.64. The van der Waals surface area contributed by atoms with E-state index in [9.17, 15) is 18.0 Å². The predicted octanol–water partition coefficient (Wildman–Crippen LogP) is 5.32. The fourth-order valence-corrected chi connectivity index (χ4v) is 3.27. The molecule has 4 nitrogen and oxygen atoms in total. The quantitative estimate of drug-likeness (QED) is 0.628. The summed E-state index contributed by atoms with van der Waals surface area (Å²) in [7, 11) is 0. The summed E-state index contributed by atoms with van der Waals surface area (Å²) >= 11 is 6.54. The highest BCUT2D eigenvalue weighted by Crippen LogP contribution is 2.36. The number of nitrogens with zero attached hydrogens (tertiary/aromatic N) is 1. The van der Waals surface area contributed by atoms with Crippen LogP contribution < -0.4 is 11.1 Å². The summed E-state index contributed by atoms with van der Waals surface area (Å²) in [6, 6.07) is 12.0. The maximum Gasteiger partial charge on any atom is 0.417 e. The van der Waals surface area contributed by atoms with E-state index in [4.69, 9.17) is 17.3 Å². The van der Waals surface area contributed by atoms with Gasteiger partial charge in [0.15, 0.2) is 5.13 Å². The fourth-order valence-electron chi connectivity index (χ4n) is 2.29. The molecule has 2 aromatic carbocycles. The minimum Gasteiger partial charge on any atom is -0.375 e. The molecule has 0 aliphatic rings. The zero-order chi connectivity index (χ0) is 18.9. The highest BCUT2D eigenvalue weighted by Gasteiger charge is 2.33. The van der Waals surface area contributed by atoms with Crippen LogP contribution in [-0.4, -0.2) is 10.9 Å². The van der Waals surface area contributed by atoms with E-state index < -0.39 is 22.7 Å². The number of carbonyl (C=O) groups is 1. The third kappa shape index (κ3) is 3.81. The number of nitrogens with two attached hydrogens (primary N) is 1. The van der Waals surface area contributed by atoms with Crippen molar-refractivity contribution in [1.82, 2.24) is 4.98 Å². The molecule has 0 aliphatic heterocycles. The number of nitrogens with one attached hydrogen (secondary N) is 1. The largest absolute Gasteiger partial charge is 0.417 e. The predicted molar refractivity (Wildman–Crippen MR) is 96.4 cm³/mol. The molecule has 0 saturated heterocycles. The molecule has 0 aliphatic carbocycles. The van der Waals surface area contributed by atoms with Crippen LogP contribution in [0.5, 0.6) is 0 Å². The number of aromatic nitrogens is 1. The lowest BCUT2D eigenvalue weighted by molar-refractivity contribution is -0.137. The van der Waals surface area contributed by atoms with Crippen LogP contribution in [0.25, 0.3) is 11.3 Å². The minimum absolute atomic E-state index is 0.0299. The van der Waals surface area contributed by atoms with Crippen LogP contribution in [-0.2, 0) is 6.18 Å². The number of hydrogen-bond donors (Lipinski definition) is 2. The van der Waals surface area contributed by atoms with Gasteiger partial charge in [-0.3, -0.25) is 4.79 Å². The first-order valence-electron chi connectivity index (χ1n) is 7.25. The van der Waals surface area contributed by atoms with Gasteiger partial charge in [0.05, 0.1) is 16.3 Å². The maximum atomic E-state index is 13.0. The minimum atomic E-state index is -4.62. The SMILES string of the molecule is Nc1nc(-c2ccccc2)c(C(=O)Nc2ccc(Cl)c(C(F)(F)F)c2)s1. The van der Waals surface area contributed by atoms with E-state index >= 15 is 0 Å². The number of anilines is 2. The molecule has 134 valence electrons. The van der Waals surface area contributed by atoms with E-state index in [0.29, 0.717) is 11.3 Å². The summed E-state index contributed by atoms with van der Waals surface area (Å²) < 4.78 is 38.9. The smallest absolute Gasteiger partial charge is 0.375 e. The number of hydrogen-bond acceptors (Lipinski definition) is 4. The Labute approximate surface area is 155 Å². The summed E-state index contributed by atoms with van der Waals surface area (Å²) in [6.07, 6.45) is -4.62. The van der Waals surface area contributed by atoms with Crippen molar-refractivity contribution in [1.29, 1.82) is 0 Å². The molecule has 0 atom stereocenters. The highest BCUT2D eigenvalue weighted by atomic mass is 35.5. The number of rotatable bonds is 3. The molecule has 9 heteroatoms. The number of alkyl halides is 3. The van der Waals surface area contributed by atoms with Crippen molar-refractivity contribution in [2.75, 3.05) is 11.1 Å². The lowest BCUT2D eigenvalue weighted by atomic mass is 10.1. The average Bonchev–Trinajstić information content (AvgIpc) is 2.98. The van der Waals surface area contributed by atoms with Crippen molar-refractivity contribution in [2.45, 2.75) is 6.18 Å². The molecule has 3 rings (SSSR count). The van der Waals surface area contributed by atoms with Gasteiger partial charge in [0.1, 0.15) is 4.88 Å². The zero-order valence-electron chi connectivity index (χ0n) is 13.0. The second-order valence-corrected chi connectivity index (χ2v) is 6.68. The lowest BCUT2D eigenvalue weighted by Gasteiger charge is -2.11. The van der Waals surface area contributed by atoms with Crippen LogP contribution in [0.3, 0.4) is 0 Å². The molecular formula is C17H11ClF3N3OS. The van der Waals surface area contributed by atoms with Gasteiger partial charge in [-0.25, -0.2) is 4.98 Å². The van der Waals surface area contributed by atoms with E-state index in [1.54, 1.807) is 24.3 Å². The molecule has 0 spiro atoms. The van der Waals surface area contributed by atoms with Crippen LogP contribution in [0.4, 0.5) is 24.0 Å². The summed E-state index contributed by atoms with van der Waals surface area (Å²) in [5.41, 5.74) is 5.71. The Morgan fingerprint density at radius 3 is 2.50 bits per heavy atom. The Hall–Kier alpha value is -2.58. The highest BCUT2D eigenvalue weighted by molar-refractivity contribution is 7.17. The van der Waals surface area contributed by atoms with E-state index in [1.807, 2.05) is 6.07 Å². The number of benzene rings is 2. The first-order valence-corrected chi connectivity index (χ1v) is 8.45. The molecular weight excluding hydrogens is 387 g/mol. The maximum absolute atomic E-state index is 13.0. The number of thiazole rings is 1. The van der Waals surface area contributed by atoms with Crippen molar-refractivity contribution in [3.63, 3.8) is 0 Å². The molecule has 3 aromatic rings. The van der Waals surface area contributed by atoms with E-state index in [-0.39, 0.29) is 15.7 Å². The van der Waals surface area contributed by atoms with Gasteiger partial charge in [0.25, 0.3) is 5.91 Å². The Morgan fingerprint density at radius 2 is 1.85 bits per heavy atom. The molecule has 3 N–H and O–H groups in total.